The number of aliphatic imine (C=N–C) groups is 1. The van der Waals surface area contributed by atoms with Gasteiger partial charge in [-0.2, -0.15) is 0 Å². The molecule has 2 N–H and O–H groups in total. The van der Waals surface area contributed by atoms with Crippen molar-refractivity contribution in [3.8, 4) is 0 Å². The van der Waals surface area contributed by atoms with Gasteiger partial charge in [-0.3, -0.25) is 9.89 Å². The molecule has 3 rings (SSSR count). The van der Waals surface area contributed by atoms with E-state index in [2.05, 4.69) is 63.6 Å². The molecule has 1 aliphatic rings. The Morgan fingerprint density at radius 2 is 1.89 bits per heavy atom. The summed E-state index contributed by atoms with van der Waals surface area (Å²) >= 11 is 1.76. The smallest absolute Gasteiger partial charge is 0.191 e. The first-order chi connectivity index (χ1) is 13.2. The van der Waals surface area contributed by atoms with Crippen LogP contribution < -0.4 is 10.6 Å². The molecule has 0 bridgehead atoms. The Labute approximate surface area is 190 Å². The van der Waals surface area contributed by atoms with Crippen molar-refractivity contribution < 1.29 is 0 Å². The molecule has 1 unspecified atom stereocenters. The molecule has 0 spiro atoms. The average Bonchev–Trinajstić information content (AvgIpc) is 3.34. The van der Waals surface area contributed by atoms with Crippen LogP contribution in [0.25, 0.3) is 0 Å². The largest absolute Gasteiger partial charge is 0.356 e. The number of thiazole rings is 1. The standard InChI is InChI=1S/C21H31N5S.HI/c1-16-6-8-18(9-7-16)19(26-12-4-5-13-26)15-25-21(22-3)23-11-10-20-24-14-17(2)27-20;/h6-9,14,19H,4-5,10-13,15H2,1-3H3,(H2,22,23,25);1H. The quantitative estimate of drug-likeness (QED) is 0.335. The highest BCUT2D eigenvalue weighted by Crippen LogP contribution is 2.24. The maximum atomic E-state index is 4.42. The summed E-state index contributed by atoms with van der Waals surface area (Å²) in [5.41, 5.74) is 2.69. The van der Waals surface area contributed by atoms with Crippen LogP contribution in [-0.4, -0.2) is 49.1 Å². The number of rotatable bonds is 7. The van der Waals surface area contributed by atoms with Gasteiger partial charge in [0.05, 0.1) is 11.0 Å². The molecular weight excluding hydrogens is 481 g/mol. The van der Waals surface area contributed by atoms with Gasteiger partial charge in [0.15, 0.2) is 5.96 Å². The lowest BCUT2D eigenvalue weighted by molar-refractivity contribution is 0.245. The molecule has 0 amide bonds. The van der Waals surface area contributed by atoms with Gasteiger partial charge >= 0.3 is 0 Å². The van der Waals surface area contributed by atoms with E-state index >= 15 is 0 Å². The number of benzene rings is 1. The Morgan fingerprint density at radius 3 is 2.50 bits per heavy atom. The van der Waals surface area contributed by atoms with E-state index < -0.39 is 0 Å². The molecule has 154 valence electrons. The Bertz CT molecular complexity index is 738. The number of halogens is 1. The van der Waals surface area contributed by atoms with Crippen molar-refractivity contribution in [1.82, 2.24) is 20.5 Å². The monoisotopic (exact) mass is 513 g/mol. The number of guanidine groups is 1. The van der Waals surface area contributed by atoms with E-state index in [1.807, 2.05) is 13.2 Å². The highest BCUT2D eigenvalue weighted by Gasteiger charge is 2.23. The summed E-state index contributed by atoms with van der Waals surface area (Å²) in [6, 6.07) is 9.33. The molecule has 1 aliphatic heterocycles. The zero-order valence-electron chi connectivity index (χ0n) is 17.1. The summed E-state index contributed by atoms with van der Waals surface area (Å²) in [6.45, 7) is 8.29. The van der Waals surface area contributed by atoms with Crippen molar-refractivity contribution in [2.75, 3.05) is 33.2 Å². The number of likely N-dealkylation sites (tertiary alicyclic amines) is 1. The molecular formula is C21H32IN5S. The van der Waals surface area contributed by atoms with Crippen LogP contribution >= 0.6 is 35.3 Å². The van der Waals surface area contributed by atoms with Crippen molar-refractivity contribution >= 4 is 41.3 Å². The number of nitrogens with zero attached hydrogens (tertiary/aromatic N) is 3. The SMILES string of the molecule is CN=C(NCCc1ncc(C)s1)NCC(c1ccc(C)cc1)N1CCCC1.I. The lowest BCUT2D eigenvalue weighted by Gasteiger charge is -2.29. The molecule has 0 aliphatic carbocycles. The van der Waals surface area contributed by atoms with Crippen molar-refractivity contribution in [3.05, 3.63) is 51.5 Å². The Balaban J connectivity index is 0.00000280. The van der Waals surface area contributed by atoms with Gasteiger partial charge in [0.25, 0.3) is 0 Å². The van der Waals surface area contributed by atoms with Crippen LogP contribution in [0.5, 0.6) is 0 Å². The Kier molecular flexibility index (Phi) is 9.67. The predicted molar refractivity (Wildman–Crippen MR) is 130 cm³/mol. The molecule has 1 saturated heterocycles. The van der Waals surface area contributed by atoms with Gasteiger partial charge in [0.2, 0.25) is 0 Å². The van der Waals surface area contributed by atoms with Gasteiger partial charge < -0.3 is 10.6 Å². The molecule has 28 heavy (non-hydrogen) atoms. The van der Waals surface area contributed by atoms with Gasteiger partial charge in [-0.15, -0.1) is 35.3 Å². The minimum absolute atomic E-state index is 0. The topological polar surface area (TPSA) is 52.6 Å². The molecule has 7 heteroatoms. The van der Waals surface area contributed by atoms with E-state index in [1.54, 1.807) is 11.3 Å². The predicted octanol–water partition coefficient (Wildman–Crippen LogP) is 3.92. The van der Waals surface area contributed by atoms with Crippen LogP contribution in [0.3, 0.4) is 0 Å². The molecule has 1 fully saturated rings. The van der Waals surface area contributed by atoms with Gasteiger partial charge in [-0.05, 0) is 45.3 Å². The second-order valence-corrected chi connectivity index (χ2v) is 8.48. The minimum atomic E-state index is 0. The van der Waals surface area contributed by atoms with Crippen LogP contribution in [0.2, 0.25) is 0 Å². The van der Waals surface area contributed by atoms with Crippen molar-refractivity contribution in [1.29, 1.82) is 0 Å². The summed E-state index contributed by atoms with van der Waals surface area (Å²) in [4.78, 5) is 12.7. The van der Waals surface area contributed by atoms with E-state index in [0.717, 1.165) is 25.5 Å². The summed E-state index contributed by atoms with van der Waals surface area (Å²) in [5.74, 6) is 0.861. The molecule has 0 saturated carbocycles. The molecule has 5 nitrogen and oxygen atoms in total. The van der Waals surface area contributed by atoms with E-state index in [0.29, 0.717) is 6.04 Å². The lowest BCUT2D eigenvalue weighted by Crippen LogP contribution is -2.43. The number of aryl methyl sites for hydroxylation is 2. The second-order valence-electron chi connectivity index (χ2n) is 7.16. The van der Waals surface area contributed by atoms with Crippen LogP contribution in [0, 0.1) is 13.8 Å². The van der Waals surface area contributed by atoms with E-state index in [-0.39, 0.29) is 24.0 Å². The van der Waals surface area contributed by atoms with Crippen molar-refractivity contribution in [2.45, 2.75) is 39.2 Å². The fourth-order valence-electron chi connectivity index (χ4n) is 3.52. The maximum Gasteiger partial charge on any atom is 0.191 e. The van der Waals surface area contributed by atoms with Crippen molar-refractivity contribution in [3.63, 3.8) is 0 Å². The van der Waals surface area contributed by atoms with Gasteiger partial charge in [0.1, 0.15) is 0 Å². The Morgan fingerprint density at radius 1 is 1.18 bits per heavy atom. The van der Waals surface area contributed by atoms with Gasteiger partial charge in [0, 0.05) is 37.6 Å². The van der Waals surface area contributed by atoms with Gasteiger partial charge in [-0.25, -0.2) is 4.98 Å². The summed E-state index contributed by atoms with van der Waals surface area (Å²) in [7, 11) is 1.83. The van der Waals surface area contributed by atoms with E-state index in [9.17, 15) is 0 Å². The molecule has 0 radical (unpaired) electrons. The first kappa shape index (κ1) is 23.1. The third-order valence-corrected chi connectivity index (χ3v) is 6.00. The normalized spacial score (nSPS) is 15.9. The molecule has 2 heterocycles. The second kappa shape index (κ2) is 11.7. The molecule has 1 aromatic heterocycles. The van der Waals surface area contributed by atoms with Gasteiger partial charge in [-0.1, -0.05) is 29.8 Å². The fraction of sp³-hybridized carbons (Fsp3) is 0.524. The maximum absolute atomic E-state index is 4.42. The summed E-state index contributed by atoms with van der Waals surface area (Å²) in [5, 5.41) is 8.12. The first-order valence-electron chi connectivity index (χ1n) is 9.82. The number of hydrogen-bond acceptors (Lipinski definition) is 4. The zero-order valence-corrected chi connectivity index (χ0v) is 20.2. The van der Waals surface area contributed by atoms with Crippen LogP contribution in [0.15, 0.2) is 35.5 Å². The van der Waals surface area contributed by atoms with Crippen LogP contribution in [-0.2, 0) is 6.42 Å². The molecule has 2 aromatic rings. The zero-order chi connectivity index (χ0) is 19.1. The fourth-order valence-corrected chi connectivity index (χ4v) is 4.31. The van der Waals surface area contributed by atoms with Crippen molar-refractivity contribution in [2.24, 2.45) is 4.99 Å². The van der Waals surface area contributed by atoms with E-state index in [4.69, 9.17) is 0 Å². The van der Waals surface area contributed by atoms with Crippen LogP contribution in [0.1, 0.15) is 39.9 Å². The Hall–Kier alpha value is -1.19. The third kappa shape index (κ3) is 6.70. The average molecular weight is 513 g/mol. The lowest BCUT2D eigenvalue weighted by atomic mass is 10.0. The summed E-state index contributed by atoms with van der Waals surface area (Å²) in [6.07, 6.45) is 5.45. The summed E-state index contributed by atoms with van der Waals surface area (Å²) < 4.78 is 0. The van der Waals surface area contributed by atoms with Crippen LogP contribution in [0.4, 0.5) is 0 Å². The highest BCUT2D eigenvalue weighted by molar-refractivity contribution is 14.0. The van der Waals surface area contributed by atoms with E-state index in [1.165, 1.54) is 46.9 Å². The first-order valence-corrected chi connectivity index (χ1v) is 10.6. The molecule has 1 atom stereocenters. The number of nitrogens with one attached hydrogen (secondary N) is 2. The number of aromatic nitrogens is 1. The molecule has 1 aromatic carbocycles. The minimum Gasteiger partial charge on any atom is -0.356 e. The number of hydrogen-bond donors (Lipinski definition) is 2. The highest BCUT2D eigenvalue weighted by atomic mass is 127. The third-order valence-electron chi connectivity index (χ3n) is 5.03.